The van der Waals surface area contributed by atoms with Gasteiger partial charge in [-0.3, -0.25) is 5.32 Å². The van der Waals surface area contributed by atoms with Crippen molar-refractivity contribution in [3.05, 3.63) is 30.2 Å². The lowest BCUT2D eigenvalue weighted by Gasteiger charge is -2.16. The Kier molecular flexibility index (Phi) is 3.72. The molecule has 0 atom stereocenters. The lowest BCUT2D eigenvalue weighted by molar-refractivity contribution is 0.262. The normalized spacial score (nSPS) is 14.2. The van der Waals surface area contributed by atoms with Crippen molar-refractivity contribution < 1.29 is 9.32 Å². The Morgan fingerprint density at radius 3 is 2.71 bits per heavy atom. The molecule has 0 saturated carbocycles. The molecular weight excluding hydrogens is 270 g/mol. The molecule has 110 valence electrons. The average Bonchev–Trinajstić information content (AvgIpc) is 3.11. The maximum atomic E-state index is 11.8. The van der Waals surface area contributed by atoms with E-state index in [1.807, 2.05) is 12.1 Å². The van der Waals surface area contributed by atoms with E-state index >= 15 is 0 Å². The van der Waals surface area contributed by atoms with Crippen molar-refractivity contribution in [3.8, 4) is 0 Å². The van der Waals surface area contributed by atoms with E-state index in [-0.39, 0.29) is 6.03 Å². The summed E-state index contributed by atoms with van der Waals surface area (Å²) in [5.74, 6) is 1.97. The summed E-state index contributed by atoms with van der Waals surface area (Å²) in [5.41, 5.74) is 0.635. The third-order valence-electron chi connectivity index (χ3n) is 3.31. The first-order valence-corrected chi connectivity index (χ1v) is 6.93. The Balaban J connectivity index is 1.58. The zero-order valence-corrected chi connectivity index (χ0v) is 11.8. The highest BCUT2D eigenvalue weighted by Gasteiger charge is 2.13. The van der Waals surface area contributed by atoms with Crippen LogP contribution in [-0.4, -0.2) is 29.3 Å². The van der Waals surface area contributed by atoms with Crippen LogP contribution < -0.4 is 15.5 Å². The van der Waals surface area contributed by atoms with Gasteiger partial charge in [-0.05, 0) is 31.9 Å². The second-order valence-electron chi connectivity index (χ2n) is 5.00. The van der Waals surface area contributed by atoms with Crippen molar-refractivity contribution >= 4 is 23.4 Å². The van der Waals surface area contributed by atoms with E-state index in [1.54, 1.807) is 19.2 Å². The molecule has 1 saturated heterocycles. The van der Waals surface area contributed by atoms with Crippen LogP contribution in [-0.2, 0) is 0 Å². The molecule has 2 amide bonds. The van der Waals surface area contributed by atoms with Gasteiger partial charge in [-0.15, -0.1) is 0 Å². The summed E-state index contributed by atoms with van der Waals surface area (Å²) in [6.07, 6.45) is 4.07. The molecule has 7 heteroatoms. The number of amides is 2. The van der Waals surface area contributed by atoms with Crippen LogP contribution in [0, 0.1) is 6.92 Å². The van der Waals surface area contributed by atoms with Gasteiger partial charge in [0.2, 0.25) is 0 Å². The van der Waals surface area contributed by atoms with E-state index in [2.05, 4.69) is 25.7 Å². The lowest BCUT2D eigenvalue weighted by Crippen LogP contribution is -2.21. The molecule has 2 aromatic rings. The van der Waals surface area contributed by atoms with E-state index in [0.717, 1.165) is 18.9 Å². The van der Waals surface area contributed by atoms with Gasteiger partial charge in [0.1, 0.15) is 11.6 Å². The zero-order chi connectivity index (χ0) is 14.7. The van der Waals surface area contributed by atoms with Crippen molar-refractivity contribution in [1.29, 1.82) is 0 Å². The monoisotopic (exact) mass is 287 g/mol. The largest absolute Gasteiger partial charge is 0.360 e. The number of aromatic nitrogens is 2. The van der Waals surface area contributed by atoms with Gasteiger partial charge in [0, 0.05) is 19.2 Å². The first-order valence-electron chi connectivity index (χ1n) is 6.93. The maximum absolute atomic E-state index is 11.8. The summed E-state index contributed by atoms with van der Waals surface area (Å²) in [7, 11) is 0. The molecule has 3 rings (SSSR count). The molecular formula is C14H17N5O2. The number of anilines is 3. The Morgan fingerprint density at radius 2 is 2.10 bits per heavy atom. The number of hydrogen-bond acceptors (Lipinski definition) is 5. The summed E-state index contributed by atoms with van der Waals surface area (Å²) in [6.45, 7) is 3.86. The fourth-order valence-corrected chi connectivity index (χ4v) is 2.30. The summed E-state index contributed by atoms with van der Waals surface area (Å²) in [4.78, 5) is 18.4. The minimum atomic E-state index is -0.376. The second kappa shape index (κ2) is 5.82. The zero-order valence-electron chi connectivity index (χ0n) is 11.8. The minimum absolute atomic E-state index is 0.376. The number of carbonyl (C=O) groups is 1. The van der Waals surface area contributed by atoms with Crippen molar-refractivity contribution in [2.24, 2.45) is 0 Å². The molecule has 1 fully saturated rings. The van der Waals surface area contributed by atoms with Crippen molar-refractivity contribution in [3.63, 3.8) is 0 Å². The number of urea groups is 1. The molecule has 0 radical (unpaired) electrons. The Labute approximate surface area is 122 Å². The van der Waals surface area contributed by atoms with Crippen molar-refractivity contribution in [1.82, 2.24) is 10.1 Å². The number of aryl methyl sites for hydroxylation is 1. The van der Waals surface area contributed by atoms with Crippen LogP contribution in [0.1, 0.15) is 18.6 Å². The molecule has 0 bridgehead atoms. The van der Waals surface area contributed by atoms with Crippen LogP contribution >= 0.6 is 0 Å². The minimum Gasteiger partial charge on any atom is -0.360 e. The molecule has 0 aliphatic carbocycles. The molecule has 7 nitrogen and oxygen atoms in total. The summed E-state index contributed by atoms with van der Waals surface area (Å²) in [6, 6.07) is 5.03. The number of nitrogens with one attached hydrogen (secondary N) is 2. The topological polar surface area (TPSA) is 83.3 Å². The first kappa shape index (κ1) is 13.4. The molecule has 0 spiro atoms. The van der Waals surface area contributed by atoms with E-state index in [0.29, 0.717) is 17.3 Å². The molecule has 3 heterocycles. The van der Waals surface area contributed by atoms with Gasteiger partial charge in [0.15, 0.2) is 5.82 Å². The lowest BCUT2D eigenvalue weighted by atomic mass is 10.4. The van der Waals surface area contributed by atoms with Crippen LogP contribution in [0.4, 0.5) is 22.1 Å². The predicted octanol–water partition coefficient (Wildman–Crippen LogP) is 2.62. The van der Waals surface area contributed by atoms with Crippen LogP contribution in [0.25, 0.3) is 0 Å². The summed E-state index contributed by atoms with van der Waals surface area (Å²) in [5, 5.41) is 8.99. The summed E-state index contributed by atoms with van der Waals surface area (Å²) < 4.78 is 4.88. The highest BCUT2D eigenvalue weighted by molar-refractivity contribution is 5.99. The average molecular weight is 287 g/mol. The summed E-state index contributed by atoms with van der Waals surface area (Å²) >= 11 is 0. The van der Waals surface area contributed by atoms with Gasteiger partial charge in [0.25, 0.3) is 0 Å². The van der Waals surface area contributed by atoms with Gasteiger partial charge in [-0.2, -0.15) is 0 Å². The molecule has 2 N–H and O–H groups in total. The molecule has 2 aromatic heterocycles. The van der Waals surface area contributed by atoms with Crippen LogP contribution in [0.2, 0.25) is 0 Å². The smallest absolute Gasteiger partial charge is 0.324 e. The highest BCUT2D eigenvalue weighted by atomic mass is 16.5. The molecule has 1 aliphatic rings. The Morgan fingerprint density at radius 1 is 1.29 bits per heavy atom. The Hall–Kier alpha value is -2.57. The number of carbonyl (C=O) groups excluding carboxylic acids is 1. The third kappa shape index (κ3) is 3.31. The fourth-order valence-electron chi connectivity index (χ4n) is 2.30. The van der Waals surface area contributed by atoms with Crippen LogP contribution in [0.3, 0.4) is 0 Å². The van der Waals surface area contributed by atoms with E-state index in [4.69, 9.17) is 4.52 Å². The fraction of sp³-hybridized carbons (Fsp3) is 0.357. The Bertz CT molecular complexity index is 617. The molecule has 0 unspecified atom stereocenters. The third-order valence-corrected chi connectivity index (χ3v) is 3.31. The SMILES string of the molecule is Cc1cc(NC(=O)Nc2ccc(N3CCCC3)nc2)no1. The van der Waals surface area contributed by atoms with E-state index in [9.17, 15) is 4.79 Å². The molecule has 0 aromatic carbocycles. The molecule has 21 heavy (non-hydrogen) atoms. The van der Waals surface area contributed by atoms with E-state index in [1.165, 1.54) is 12.8 Å². The van der Waals surface area contributed by atoms with Crippen LogP contribution in [0.15, 0.2) is 28.9 Å². The van der Waals surface area contributed by atoms with Gasteiger partial charge in [-0.25, -0.2) is 9.78 Å². The molecule has 1 aliphatic heterocycles. The van der Waals surface area contributed by atoms with E-state index < -0.39 is 0 Å². The quantitative estimate of drug-likeness (QED) is 0.906. The van der Waals surface area contributed by atoms with Gasteiger partial charge in [0.05, 0.1) is 11.9 Å². The number of rotatable bonds is 3. The maximum Gasteiger partial charge on any atom is 0.324 e. The predicted molar refractivity (Wildman–Crippen MR) is 79.6 cm³/mol. The van der Waals surface area contributed by atoms with Gasteiger partial charge < -0.3 is 14.7 Å². The number of nitrogens with zero attached hydrogens (tertiary/aromatic N) is 3. The standard InChI is InChI=1S/C14H17N5O2/c1-10-8-12(18-21-10)17-14(20)16-11-4-5-13(15-9-11)19-6-2-3-7-19/h4-5,8-9H,2-3,6-7H2,1H3,(H2,16,17,18,20). The highest BCUT2D eigenvalue weighted by Crippen LogP contribution is 2.19. The first-order chi connectivity index (χ1) is 10.2. The second-order valence-corrected chi connectivity index (χ2v) is 5.00. The number of hydrogen-bond donors (Lipinski definition) is 2. The van der Waals surface area contributed by atoms with Crippen LogP contribution in [0.5, 0.6) is 0 Å². The van der Waals surface area contributed by atoms with Gasteiger partial charge in [-0.1, -0.05) is 5.16 Å². The number of pyridine rings is 1. The van der Waals surface area contributed by atoms with Crippen molar-refractivity contribution in [2.75, 3.05) is 28.6 Å². The van der Waals surface area contributed by atoms with Gasteiger partial charge >= 0.3 is 6.03 Å². The van der Waals surface area contributed by atoms with Crippen molar-refractivity contribution in [2.45, 2.75) is 19.8 Å².